The molecule has 38 heavy (non-hydrogen) atoms. The zero-order chi connectivity index (χ0) is 26.6. The summed E-state index contributed by atoms with van der Waals surface area (Å²) in [4.78, 5) is 15.7. The molecule has 200 valence electrons. The van der Waals surface area contributed by atoms with Crippen LogP contribution in [0.5, 0.6) is 0 Å². The summed E-state index contributed by atoms with van der Waals surface area (Å²) in [6, 6.07) is 13.9. The summed E-state index contributed by atoms with van der Waals surface area (Å²) >= 11 is 6.74. The van der Waals surface area contributed by atoms with Crippen molar-refractivity contribution < 1.29 is 4.74 Å². The molecule has 0 spiro atoms. The van der Waals surface area contributed by atoms with E-state index in [4.69, 9.17) is 26.3 Å². The Morgan fingerprint density at radius 3 is 2.45 bits per heavy atom. The van der Waals surface area contributed by atoms with Gasteiger partial charge in [0.25, 0.3) is 0 Å². The van der Waals surface area contributed by atoms with Crippen molar-refractivity contribution in [1.82, 2.24) is 9.97 Å². The minimum atomic E-state index is 0.338. The summed E-state index contributed by atoms with van der Waals surface area (Å²) in [6.45, 7) is 10.6. The molecule has 3 aromatic rings. The largest absolute Gasteiger partial charge is 0.381 e. The van der Waals surface area contributed by atoms with E-state index in [1.807, 2.05) is 19.2 Å². The first-order valence-corrected chi connectivity index (χ1v) is 14.5. The number of rotatable bonds is 5. The Labute approximate surface area is 232 Å². The minimum Gasteiger partial charge on any atom is -0.381 e. The van der Waals surface area contributed by atoms with E-state index in [-0.39, 0.29) is 0 Å². The number of methoxy groups -OCH3 is 1. The van der Waals surface area contributed by atoms with Crippen molar-refractivity contribution in [2.45, 2.75) is 90.4 Å². The molecule has 6 heteroatoms. The first kappa shape index (κ1) is 25.6. The molecular formula is C32H39ClN4O. The Hall–Kier alpha value is -2.63. The van der Waals surface area contributed by atoms with Gasteiger partial charge in [-0.05, 0) is 74.3 Å². The number of hydrogen-bond donors (Lipinski definition) is 0. The van der Waals surface area contributed by atoms with Gasteiger partial charge in [-0.3, -0.25) is 0 Å². The second-order valence-corrected chi connectivity index (χ2v) is 12.1. The molecule has 3 aliphatic heterocycles. The van der Waals surface area contributed by atoms with Crippen LogP contribution in [0.1, 0.15) is 73.4 Å². The Balaban J connectivity index is 1.46. The minimum absolute atomic E-state index is 0.338. The summed E-state index contributed by atoms with van der Waals surface area (Å²) < 4.78 is 5.83. The molecule has 1 unspecified atom stereocenters. The summed E-state index contributed by atoms with van der Waals surface area (Å²) in [7, 11) is 1.86. The molecule has 5 nitrogen and oxygen atoms in total. The van der Waals surface area contributed by atoms with Gasteiger partial charge in [0, 0.05) is 55.5 Å². The number of hydrogen-bond acceptors (Lipinski definition) is 5. The number of benzene rings is 2. The third kappa shape index (κ3) is 4.48. The number of ether oxygens (including phenoxy) is 1. The van der Waals surface area contributed by atoms with Gasteiger partial charge in [-0.2, -0.15) is 0 Å². The standard InChI is InChI=1S/C32H39ClN4O/c1-19(2)22-10-9-20(3)29(15-22)36-14-13-28-26(18-36)32(37-23-11-12-24(37)17-25(16-23)38-5)35-31(34-28)30-21(4)7-6-8-27(30)33/h6-10,15,19,23-25H,11-14,16-18H2,1-5H3/t23-,24+,25?. The molecule has 3 aliphatic rings. The lowest BCUT2D eigenvalue weighted by Gasteiger charge is -2.42. The summed E-state index contributed by atoms with van der Waals surface area (Å²) in [5.74, 6) is 2.39. The molecule has 2 fully saturated rings. The number of anilines is 2. The van der Waals surface area contributed by atoms with E-state index in [2.05, 4.69) is 61.8 Å². The van der Waals surface area contributed by atoms with Crippen molar-refractivity contribution >= 4 is 23.1 Å². The highest BCUT2D eigenvalue weighted by Crippen LogP contribution is 2.44. The molecule has 0 amide bonds. The lowest BCUT2D eigenvalue weighted by atomic mass is 9.96. The maximum absolute atomic E-state index is 6.74. The van der Waals surface area contributed by atoms with Crippen molar-refractivity contribution in [1.29, 1.82) is 0 Å². The van der Waals surface area contributed by atoms with Crippen LogP contribution >= 0.6 is 11.6 Å². The zero-order valence-corrected chi connectivity index (χ0v) is 24.1. The average Bonchev–Trinajstić information content (AvgIpc) is 3.16. The van der Waals surface area contributed by atoms with Crippen LogP contribution < -0.4 is 9.80 Å². The SMILES string of the molecule is COC1C[C@H]2CC[C@@H](C1)N2c1nc(-c2c(C)cccc2Cl)nc2c1CN(c1cc(C(C)C)ccc1C)CC2. The van der Waals surface area contributed by atoms with Gasteiger partial charge in [-0.1, -0.05) is 49.7 Å². The average molecular weight is 531 g/mol. The highest BCUT2D eigenvalue weighted by Gasteiger charge is 2.43. The van der Waals surface area contributed by atoms with Gasteiger partial charge in [0.2, 0.25) is 0 Å². The van der Waals surface area contributed by atoms with E-state index in [1.54, 1.807) is 0 Å². The molecule has 2 aromatic carbocycles. The fourth-order valence-electron chi connectivity index (χ4n) is 6.83. The zero-order valence-electron chi connectivity index (χ0n) is 23.3. The van der Waals surface area contributed by atoms with Gasteiger partial charge in [-0.15, -0.1) is 0 Å². The van der Waals surface area contributed by atoms with Crippen molar-refractivity contribution in [2.75, 3.05) is 23.5 Å². The second-order valence-electron chi connectivity index (χ2n) is 11.7. The fraction of sp³-hybridized carbons (Fsp3) is 0.500. The Morgan fingerprint density at radius 2 is 1.76 bits per heavy atom. The van der Waals surface area contributed by atoms with Gasteiger partial charge >= 0.3 is 0 Å². The van der Waals surface area contributed by atoms with Gasteiger partial charge in [0.1, 0.15) is 5.82 Å². The number of piperidine rings is 1. The third-order valence-electron chi connectivity index (χ3n) is 8.99. The van der Waals surface area contributed by atoms with Crippen LogP contribution in [0.4, 0.5) is 11.5 Å². The predicted molar refractivity (Wildman–Crippen MR) is 157 cm³/mol. The number of aryl methyl sites for hydroxylation is 2. The maximum Gasteiger partial charge on any atom is 0.163 e. The summed E-state index contributed by atoms with van der Waals surface area (Å²) in [5, 5.41) is 0.718. The van der Waals surface area contributed by atoms with Crippen LogP contribution in [0.2, 0.25) is 5.02 Å². The third-order valence-corrected chi connectivity index (χ3v) is 9.31. The van der Waals surface area contributed by atoms with Crippen LogP contribution in [-0.2, 0) is 17.7 Å². The first-order chi connectivity index (χ1) is 18.3. The molecular weight excluding hydrogens is 492 g/mol. The molecule has 6 rings (SSSR count). The fourth-order valence-corrected chi connectivity index (χ4v) is 7.14. The van der Waals surface area contributed by atoms with E-state index in [0.717, 1.165) is 60.1 Å². The van der Waals surface area contributed by atoms with E-state index < -0.39 is 0 Å². The Morgan fingerprint density at radius 1 is 1.00 bits per heavy atom. The molecule has 0 radical (unpaired) electrons. The normalized spacial score (nSPS) is 22.8. The highest BCUT2D eigenvalue weighted by molar-refractivity contribution is 6.33. The molecule has 2 bridgehead atoms. The summed E-state index contributed by atoms with van der Waals surface area (Å²) in [5.41, 5.74) is 8.57. The number of fused-ring (bicyclic) bond motifs is 3. The van der Waals surface area contributed by atoms with Crippen LogP contribution in [0.3, 0.4) is 0 Å². The Bertz CT molecular complexity index is 1320. The van der Waals surface area contributed by atoms with Crippen molar-refractivity contribution in [3.05, 3.63) is 69.4 Å². The molecule has 1 aromatic heterocycles. The van der Waals surface area contributed by atoms with Crippen molar-refractivity contribution in [3.8, 4) is 11.4 Å². The van der Waals surface area contributed by atoms with E-state index >= 15 is 0 Å². The molecule has 0 N–H and O–H groups in total. The molecule has 2 saturated heterocycles. The molecule has 0 aliphatic carbocycles. The van der Waals surface area contributed by atoms with Crippen molar-refractivity contribution in [2.24, 2.45) is 0 Å². The smallest absolute Gasteiger partial charge is 0.163 e. The molecule has 0 saturated carbocycles. The maximum atomic E-state index is 6.74. The van der Waals surface area contributed by atoms with E-state index in [0.29, 0.717) is 24.1 Å². The highest BCUT2D eigenvalue weighted by atomic mass is 35.5. The molecule has 4 heterocycles. The quantitative estimate of drug-likeness (QED) is 0.347. The first-order valence-electron chi connectivity index (χ1n) is 14.2. The topological polar surface area (TPSA) is 41.5 Å². The monoisotopic (exact) mass is 530 g/mol. The van der Waals surface area contributed by atoms with Crippen LogP contribution in [0.25, 0.3) is 11.4 Å². The van der Waals surface area contributed by atoms with Crippen LogP contribution in [0, 0.1) is 13.8 Å². The number of nitrogens with zero attached hydrogens (tertiary/aromatic N) is 4. The second kappa shape index (κ2) is 10.2. The van der Waals surface area contributed by atoms with Gasteiger partial charge in [0.15, 0.2) is 5.82 Å². The lowest BCUT2D eigenvalue weighted by Crippen LogP contribution is -2.47. The number of halogens is 1. The van der Waals surface area contributed by atoms with Gasteiger partial charge < -0.3 is 14.5 Å². The lowest BCUT2D eigenvalue weighted by molar-refractivity contribution is 0.0681. The van der Waals surface area contributed by atoms with Gasteiger partial charge in [-0.25, -0.2) is 9.97 Å². The van der Waals surface area contributed by atoms with E-state index in [9.17, 15) is 0 Å². The predicted octanol–water partition coefficient (Wildman–Crippen LogP) is 7.25. The van der Waals surface area contributed by atoms with Crippen LogP contribution in [0.15, 0.2) is 36.4 Å². The number of aromatic nitrogens is 2. The van der Waals surface area contributed by atoms with E-state index in [1.165, 1.54) is 40.9 Å². The van der Waals surface area contributed by atoms with Crippen molar-refractivity contribution in [3.63, 3.8) is 0 Å². The molecule has 3 atom stereocenters. The Kier molecular flexibility index (Phi) is 6.86. The summed E-state index contributed by atoms with van der Waals surface area (Å²) in [6.07, 6.45) is 5.75. The van der Waals surface area contributed by atoms with Gasteiger partial charge in [0.05, 0.1) is 16.8 Å². The van der Waals surface area contributed by atoms with Crippen LogP contribution in [-0.4, -0.2) is 41.8 Å².